The summed E-state index contributed by atoms with van der Waals surface area (Å²) in [5.41, 5.74) is 4.97. The number of hydrazone groups is 1. The number of ether oxygens (including phenoxy) is 2. The summed E-state index contributed by atoms with van der Waals surface area (Å²) < 4.78 is 10.9. The number of anilines is 2. The summed E-state index contributed by atoms with van der Waals surface area (Å²) in [5, 5.41) is 9.01. The normalized spacial score (nSPS) is 10.4. The number of hydrogen-bond acceptors (Lipinski definition) is 6. The smallest absolute Gasteiger partial charge is 0.329 e. The first-order chi connectivity index (χ1) is 16.4. The number of rotatable bonds is 8. The molecule has 3 N–H and O–H groups in total. The lowest BCUT2D eigenvalue weighted by molar-refractivity contribution is -0.136. The minimum atomic E-state index is -0.909. The number of amides is 3. The van der Waals surface area contributed by atoms with Gasteiger partial charge in [-0.2, -0.15) is 5.10 Å². The number of nitrogens with one attached hydrogen (secondary N) is 3. The molecule has 0 radical (unpaired) electrons. The molecule has 9 heteroatoms. The molecule has 0 unspecified atom stereocenters. The van der Waals surface area contributed by atoms with Crippen molar-refractivity contribution in [3.8, 4) is 11.5 Å². The zero-order valence-corrected chi connectivity index (χ0v) is 18.7. The molecule has 3 aromatic carbocycles. The van der Waals surface area contributed by atoms with Crippen molar-refractivity contribution in [1.82, 2.24) is 5.43 Å². The Morgan fingerprint density at radius 3 is 2.26 bits per heavy atom. The van der Waals surface area contributed by atoms with Gasteiger partial charge in [-0.3, -0.25) is 14.4 Å². The molecule has 0 heterocycles. The molecule has 3 rings (SSSR count). The van der Waals surface area contributed by atoms with Crippen molar-refractivity contribution in [3.63, 3.8) is 0 Å². The molecule has 0 aliphatic rings. The van der Waals surface area contributed by atoms with Crippen molar-refractivity contribution < 1.29 is 23.9 Å². The van der Waals surface area contributed by atoms with Crippen molar-refractivity contribution in [2.45, 2.75) is 6.92 Å². The summed E-state index contributed by atoms with van der Waals surface area (Å²) >= 11 is 0. The van der Waals surface area contributed by atoms with Gasteiger partial charge in [0.15, 0.2) is 18.1 Å². The van der Waals surface area contributed by atoms with Crippen LogP contribution in [0.4, 0.5) is 11.4 Å². The highest BCUT2D eigenvalue weighted by Gasteiger charge is 2.13. The lowest BCUT2D eigenvalue weighted by Gasteiger charge is -2.11. The fraction of sp³-hybridized carbons (Fsp3) is 0.120. The number of hydrogen-bond donors (Lipinski definition) is 3. The number of nitrogens with zero attached hydrogens (tertiary/aromatic N) is 1. The largest absolute Gasteiger partial charge is 0.493 e. The maximum absolute atomic E-state index is 12.1. The van der Waals surface area contributed by atoms with Crippen LogP contribution in [-0.2, 0) is 14.4 Å². The number of benzene rings is 3. The van der Waals surface area contributed by atoms with Crippen LogP contribution in [0.2, 0.25) is 0 Å². The van der Waals surface area contributed by atoms with E-state index in [0.717, 1.165) is 5.56 Å². The molecule has 0 spiro atoms. The Balaban J connectivity index is 1.51. The van der Waals surface area contributed by atoms with Gasteiger partial charge in [-0.25, -0.2) is 5.43 Å². The van der Waals surface area contributed by atoms with Crippen molar-refractivity contribution in [1.29, 1.82) is 0 Å². The van der Waals surface area contributed by atoms with E-state index >= 15 is 0 Å². The highest BCUT2D eigenvalue weighted by molar-refractivity contribution is 6.39. The van der Waals surface area contributed by atoms with Crippen LogP contribution in [0.3, 0.4) is 0 Å². The van der Waals surface area contributed by atoms with Crippen molar-refractivity contribution in [3.05, 3.63) is 83.9 Å². The van der Waals surface area contributed by atoms with E-state index in [0.29, 0.717) is 28.4 Å². The number of para-hydroxylation sites is 1. The summed E-state index contributed by atoms with van der Waals surface area (Å²) in [7, 11) is 1.46. The Morgan fingerprint density at radius 2 is 1.56 bits per heavy atom. The second-order valence-electron chi connectivity index (χ2n) is 7.13. The quantitative estimate of drug-likeness (QED) is 0.271. The fourth-order valence-corrected chi connectivity index (χ4v) is 2.79. The molecule has 0 fully saturated rings. The lowest BCUT2D eigenvalue weighted by Crippen LogP contribution is -2.32. The molecule has 0 aromatic heterocycles. The Labute approximate surface area is 196 Å². The third-order valence-electron chi connectivity index (χ3n) is 4.50. The summed E-state index contributed by atoms with van der Waals surface area (Å²) in [6.07, 6.45) is 1.35. The van der Waals surface area contributed by atoms with Crippen molar-refractivity contribution in [2.24, 2.45) is 5.10 Å². The Bertz CT molecular complexity index is 1180. The number of methoxy groups -OCH3 is 1. The number of carbonyl (C=O) groups excluding carboxylic acids is 3. The standard InChI is InChI=1S/C25H24N4O5/c1-17-8-11-20(12-9-17)28-24(31)25(32)29-26-15-18-10-13-21(22(14-18)33-2)34-16-23(30)27-19-6-4-3-5-7-19/h3-15H,16H2,1-2H3,(H,27,30)(H,28,31)(H,29,32)/b26-15-. The first-order valence-electron chi connectivity index (χ1n) is 10.3. The SMILES string of the molecule is COc1cc(/C=N\NC(=O)C(=O)Nc2ccc(C)cc2)ccc1OCC(=O)Nc1ccccc1. The van der Waals surface area contributed by atoms with Gasteiger partial charge in [-0.05, 0) is 55.0 Å². The van der Waals surface area contributed by atoms with Gasteiger partial charge in [0.2, 0.25) is 0 Å². The van der Waals surface area contributed by atoms with E-state index < -0.39 is 11.8 Å². The van der Waals surface area contributed by atoms with E-state index in [1.54, 1.807) is 42.5 Å². The van der Waals surface area contributed by atoms with Gasteiger partial charge in [0.05, 0.1) is 13.3 Å². The number of aryl methyl sites for hydroxylation is 1. The van der Waals surface area contributed by atoms with E-state index in [2.05, 4.69) is 21.2 Å². The van der Waals surface area contributed by atoms with Crippen LogP contribution in [0.5, 0.6) is 11.5 Å². The maximum Gasteiger partial charge on any atom is 0.329 e. The molecular weight excluding hydrogens is 436 g/mol. The van der Waals surface area contributed by atoms with Gasteiger partial charge in [0, 0.05) is 11.4 Å². The zero-order chi connectivity index (χ0) is 24.3. The van der Waals surface area contributed by atoms with Crippen molar-refractivity contribution >= 4 is 35.3 Å². The summed E-state index contributed by atoms with van der Waals surface area (Å²) in [5.74, 6) is -1.32. The predicted molar refractivity (Wildman–Crippen MR) is 129 cm³/mol. The van der Waals surface area contributed by atoms with E-state index in [-0.39, 0.29) is 12.5 Å². The Morgan fingerprint density at radius 1 is 0.853 bits per heavy atom. The Hall–Kier alpha value is -4.66. The third-order valence-corrected chi connectivity index (χ3v) is 4.50. The summed E-state index contributed by atoms with van der Waals surface area (Å²) in [6.45, 7) is 1.72. The second-order valence-corrected chi connectivity index (χ2v) is 7.13. The monoisotopic (exact) mass is 460 g/mol. The van der Waals surface area contributed by atoms with Gasteiger partial charge in [0.1, 0.15) is 0 Å². The third kappa shape index (κ3) is 7.20. The Kier molecular flexibility index (Phi) is 8.34. The molecule has 174 valence electrons. The van der Waals surface area contributed by atoms with Crippen LogP contribution in [0.15, 0.2) is 77.9 Å². The maximum atomic E-state index is 12.1. The topological polar surface area (TPSA) is 118 Å². The van der Waals surface area contributed by atoms with Crippen LogP contribution < -0.4 is 25.5 Å². The molecule has 9 nitrogen and oxygen atoms in total. The first-order valence-corrected chi connectivity index (χ1v) is 10.3. The molecular formula is C25H24N4O5. The van der Waals surface area contributed by atoms with E-state index in [9.17, 15) is 14.4 Å². The van der Waals surface area contributed by atoms with E-state index in [1.165, 1.54) is 13.3 Å². The van der Waals surface area contributed by atoms with Gasteiger partial charge >= 0.3 is 11.8 Å². The molecule has 34 heavy (non-hydrogen) atoms. The van der Waals surface area contributed by atoms with Crippen molar-refractivity contribution in [2.75, 3.05) is 24.4 Å². The molecule has 0 aliphatic carbocycles. The van der Waals surface area contributed by atoms with Crippen LogP contribution >= 0.6 is 0 Å². The molecule has 3 amide bonds. The van der Waals surface area contributed by atoms with Crippen LogP contribution in [0.25, 0.3) is 0 Å². The highest BCUT2D eigenvalue weighted by atomic mass is 16.5. The lowest BCUT2D eigenvalue weighted by atomic mass is 10.2. The van der Waals surface area contributed by atoms with Gasteiger partial charge in [-0.1, -0.05) is 35.9 Å². The summed E-state index contributed by atoms with van der Waals surface area (Å²) in [6, 6.07) is 21.0. The average Bonchev–Trinajstić information content (AvgIpc) is 2.85. The second kappa shape index (κ2) is 11.8. The highest BCUT2D eigenvalue weighted by Crippen LogP contribution is 2.27. The number of carbonyl (C=O) groups is 3. The molecule has 0 saturated heterocycles. The molecule has 3 aromatic rings. The molecule has 0 aliphatic heterocycles. The van der Waals surface area contributed by atoms with Gasteiger partial charge in [0.25, 0.3) is 5.91 Å². The van der Waals surface area contributed by atoms with E-state index in [1.807, 2.05) is 37.3 Å². The minimum absolute atomic E-state index is 0.204. The first kappa shape index (κ1) is 24.0. The van der Waals surface area contributed by atoms with Crippen LogP contribution in [0, 0.1) is 6.92 Å². The molecule has 0 saturated carbocycles. The molecule has 0 bridgehead atoms. The average molecular weight is 460 g/mol. The fourth-order valence-electron chi connectivity index (χ4n) is 2.79. The van der Waals surface area contributed by atoms with Gasteiger partial charge in [-0.15, -0.1) is 0 Å². The minimum Gasteiger partial charge on any atom is -0.493 e. The van der Waals surface area contributed by atoms with Gasteiger partial charge < -0.3 is 20.1 Å². The zero-order valence-electron chi connectivity index (χ0n) is 18.7. The predicted octanol–water partition coefficient (Wildman–Crippen LogP) is 3.11. The molecule has 0 atom stereocenters. The van der Waals surface area contributed by atoms with Crippen LogP contribution in [-0.4, -0.2) is 37.7 Å². The van der Waals surface area contributed by atoms with Crippen LogP contribution in [0.1, 0.15) is 11.1 Å². The summed E-state index contributed by atoms with van der Waals surface area (Å²) in [4.78, 5) is 36.0. The van der Waals surface area contributed by atoms with E-state index in [4.69, 9.17) is 9.47 Å².